The van der Waals surface area contributed by atoms with Gasteiger partial charge in [0.2, 0.25) is 0 Å². The fourth-order valence-corrected chi connectivity index (χ4v) is 2.01. The SMILES string of the molecule is CCNC(c1ccc(Br)cc1)c1cncnc1. The van der Waals surface area contributed by atoms with Crippen LogP contribution in [0.3, 0.4) is 0 Å². The number of halogens is 1. The Hall–Kier alpha value is -1.26. The lowest BCUT2D eigenvalue weighted by molar-refractivity contribution is 0.626. The van der Waals surface area contributed by atoms with Crippen molar-refractivity contribution in [1.82, 2.24) is 15.3 Å². The molecule has 0 bridgehead atoms. The molecule has 0 amide bonds. The molecule has 0 saturated carbocycles. The monoisotopic (exact) mass is 291 g/mol. The smallest absolute Gasteiger partial charge is 0.115 e. The van der Waals surface area contributed by atoms with Crippen LogP contribution >= 0.6 is 15.9 Å². The Morgan fingerprint density at radius 2 is 1.76 bits per heavy atom. The van der Waals surface area contributed by atoms with Crippen molar-refractivity contribution in [1.29, 1.82) is 0 Å². The van der Waals surface area contributed by atoms with Gasteiger partial charge in [-0.1, -0.05) is 35.0 Å². The van der Waals surface area contributed by atoms with Crippen LogP contribution in [0, 0.1) is 0 Å². The van der Waals surface area contributed by atoms with E-state index in [0.29, 0.717) is 0 Å². The highest BCUT2D eigenvalue weighted by molar-refractivity contribution is 9.10. The van der Waals surface area contributed by atoms with E-state index in [9.17, 15) is 0 Å². The van der Waals surface area contributed by atoms with Gasteiger partial charge in [-0.2, -0.15) is 0 Å². The van der Waals surface area contributed by atoms with Gasteiger partial charge in [0.1, 0.15) is 6.33 Å². The maximum atomic E-state index is 4.07. The van der Waals surface area contributed by atoms with Crippen LogP contribution in [0.25, 0.3) is 0 Å². The van der Waals surface area contributed by atoms with Gasteiger partial charge in [0.25, 0.3) is 0 Å². The zero-order chi connectivity index (χ0) is 12.1. The third kappa shape index (κ3) is 3.11. The lowest BCUT2D eigenvalue weighted by Crippen LogP contribution is -2.22. The standard InChI is InChI=1S/C13H14BrN3/c1-2-17-13(11-7-15-9-16-8-11)10-3-5-12(14)6-4-10/h3-9,13,17H,2H2,1H3. The van der Waals surface area contributed by atoms with E-state index in [2.05, 4.69) is 50.3 Å². The number of aromatic nitrogens is 2. The number of rotatable bonds is 4. The van der Waals surface area contributed by atoms with Gasteiger partial charge in [-0.25, -0.2) is 9.97 Å². The van der Waals surface area contributed by atoms with Gasteiger partial charge in [0.15, 0.2) is 0 Å². The maximum Gasteiger partial charge on any atom is 0.115 e. The van der Waals surface area contributed by atoms with E-state index in [4.69, 9.17) is 0 Å². The van der Waals surface area contributed by atoms with Crippen molar-refractivity contribution in [2.24, 2.45) is 0 Å². The molecule has 1 aromatic heterocycles. The molecule has 4 heteroatoms. The minimum atomic E-state index is 0.147. The lowest BCUT2D eigenvalue weighted by atomic mass is 10.0. The molecule has 0 fully saturated rings. The molecule has 1 heterocycles. The number of nitrogens with one attached hydrogen (secondary N) is 1. The quantitative estimate of drug-likeness (QED) is 0.941. The molecule has 2 rings (SSSR count). The van der Waals surface area contributed by atoms with Gasteiger partial charge in [0, 0.05) is 22.4 Å². The zero-order valence-electron chi connectivity index (χ0n) is 9.60. The Bertz CT molecular complexity index is 456. The molecule has 0 spiro atoms. The molecule has 2 aromatic rings. The topological polar surface area (TPSA) is 37.8 Å². The Morgan fingerprint density at radius 3 is 2.35 bits per heavy atom. The zero-order valence-corrected chi connectivity index (χ0v) is 11.2. The van der Waals surface area contributed by atoms with Crippen molar-refractivity contribution >= 4 is 15.9 Å². The molecule has 0 aliphatic carbocycles. The van der Waals surface area contributed by atoms with E-state index >= 15 is 0 Å². The van der Waals surface area contributed by atoms with E-state index in [-0.39, 0.29) is 6.04 Å². The Morgan fingerprint density at radius 1 is 1.12 bits per heavy atom. The summed E-state index contributed by atoms with van der Waals surface area (Å²) in [6, 6.07) is 8.44. The van der Waals surface area contributed by atoms with Crippen LogP contribution in [0.5, 0.6) is 0 Å². The third-order valence-corrected chi connectivity index (χ3v) is 3.05. The van der Waals surface area contributed by atoms with Crippen molar-refractivity contribution in [3.05, 3.63) is 58.6 Å². The summed E-state index contributed by atoms with van der Waals surface area (Å²) < 4.78 is 1.08. The normalized spacial score (nSPS) is 12.4. The second-order valence-corrected chi connectivity index (χ2v) is 4.63. The fourth-order valence-electron chi connectivity index (χ4n) is 1.75. The van der Waals surface area contributed by atoms with Gasteiger partial charge in [-0.05, 0) is 24.2 Å². The molecule has 1 unspecified atom stereocenters. The van der Waals surface area contributed by atoms with Crippen LogP contribution in [0.1, 0.15) is 24.1 Å². The molecule has 0 aliphatic rings. The molecule has 17 heavy (non-hydrogen) atoms. The van der Waals surface area contributed by atoms with Crippen molar-refractivity contribution in [3.63, 3.8) is 0 Å². The van der Waals surface area contributed by atoms with Crippen molar-refractivity contribution in [3.8, 4) is 0 Å². The van der Waals surface area contributed by atoms with Gasteiger partial charge < -0.3 is 5.32 Å². The second kappa shape index (κ2) is 5.89. The van der Waals surface area contributed by atoms with Crippen LogP contribution in [0.2, 0.25) is 0 Å². The largest absolute Gasteiger partial charge is 0.306 e. The number of benzene rings is 1. The highest BCUT2D eigenvalue weighted by Crippen LogP contribution is 2.22. The summed E-state index contributed by atoms with van der Waals surface area (Å²) in [5, 5.41) is 3.44. The van der Waals surface area contributed by atoms with Crippen LogP contribution in [0.4, 0.5) is 0 Å². The van der Waals surface area contributed by atoms with Crippen molar-refractivity contribution in [2.75, 3.05) is 6.54 Å². The molecule has 0 radical (unpaired) electrons. The first-order valence-corrected chi connectivity index (χ1v) is 6.34. The summed E-state index contributed by atoms with van der Waals surface area (Å²) in [7, 11) is 0. The molecule has 88 valence electrons. The van der Waals surface area contributed by atoms with E-state index in [0.717, 1.165) is 16.6 Å². The summed E-state index contributed by atoms with van der Waals surface area (Å²) in [5.41, 5.74) is 2.29. The summed E-state index contributed by atoms with van der Waals surface area (Å²) >= 11 is 3.44. The second-order valence-electron chi connectivity index (χ2n) is 3.71. The van der Waals surface area contributed by atoms with Gasteiger partial charge in [-0.3, -0.25) is 0 Å². The average Bonchev–Trinajstić information content (AvgIpc) is 2.38. The minimum absolute atomic E-state index is 0.147. The van der Waals surface area contributed by atoms with Crippen LogP contribution in [-0.4, -0.2) is 16.5 Å². The van der Waals surface area contributed by atoms with Crippen LogP contribution in [-0.2, 0) is 0 Å². The lowest BCUT2D eigenvalue weighted by Gasteiger charge is -2.18. The molecular formula is C13H14BrN3. The average molecular weight is 292 g/mol. The predicted octanol–water partition coefficient (Wildman–Crippen LogP) is 2.94. The van der Waals surface area contributed by atoms with E-state index in [1.54, 1.807) is 6.33 Å². The van der Waals surface area contributed by atoms with Crippen LogP contribution < -0.4 is 5.32 Å². The minimum Gasteiger partial charge on any atom is -0.306 e. The summed E-state index contributed by atoms with van der Waals surface area (Å²) in [6.07, 6.45) is 5.25. The summed E-state index contributed by atoms with van der Waals surface area (Å²) in [5.74, 6) is 0. The number of hydrogen-bond donors (Lipinski definition) is 1. The van der Waals surface area contributed by atoms with E-state index < -0.39 is 0 Å². The first-order valence-electron chi connectivity index (χ1n) is 5.55. The van der Waals surface area contributed by atoms with E-state index in [1.807, 2.05) is 24.5 Å². The van der Waals surface area contributed by atoms with Crippen LogP contribution in [0.15, 0.2) is 47.5 Å². The summed E-state index contributed by atoms with van der Waals surface area (Å²) in [4.78, 5) is 8.14. The van der Waals surface area contributed by atoms with Crippen molar-refractivity contribution < 1.29 is 0 Å². The summed E-state index contributed by atoms with van der Waals surface area (Å²) in [6.45, 7) is 2.99. The molecule has 0 saturated heterocycles. The highest BCUT2D eigenvalue weighted by Gasteiger charge is 2.12. The maximum absolute atomic E-state index is 4.07. The third-order valence-electron chi connectivity index (χ3n) is 2.53. The molecule has 3 nitrogen and oxygen atoms in total. The molecule has 1 N–H and O–H groups in total. The first kappa shape index (κ1) is 12.2. The Kier molecular flexibility index (Phi) is 4.23. The van der Waals surface area contributed by atoms with Gasteiger partial charge in [0.05, 0.1) is 6.04 Å². The van der Waals surface area contributed by atoms with E-state index in [1.165, 1.54) is 5.56 Å². The fraction of sp³-hybridized carbons (Fsp3) is 0.231. The van der Waals surface area contributed by atoms with Gasteiger partial charge >= 0.3 is 0 Å². The Balaban J connectivity index is 2.32. The highest BCUT2D eigenvalue weighted by atomic mass is 79.9. The molecule has 0 aliphatic heterocycles. The number of hydrogen-bond acceptors (Lipinski definition) is 3. The Labute approximate surface area is 109 Å². The molecule has 1 atom stereocenters. The predicted molar refractivity (Wildman–Crippen MR) is 71.7 cm³/mol. The molecule has 1 aromatic carbocycles. The number of nitrogens with zero attached hydrogens (tertiary/aromatic N) is 2. The molecular weight excluding hydrogens is 278 g/mol. The first-order chi connectivity index (χ1) is 8.31. The van der Waals surface area contributed by atoms with Crippen molar-refractivity contribution in [2.45, 2.75) is 13.0 Å². The van der Waals surface area contributed by atoms with Gasteiger partial charge in [-0.15, -0.1) is 0 Å².